The van der Waals surface area contributed by atoms with Gasteiger partial charge in [-0.2, -0.15) is 0 Å². The van der Waals surface area contributed by atoms with Crippen molar-refractivity contribution in [3.05, 3.63) is 242 Å². The summed E-state index contributed by atoms with van der Waals surface area (Å²) in [6, 6.07) is 75.3. The number of halogens is 2. The predicted molar refractivity (Wildman–Crippen MR) is 286 cm³/mol. The van der Waals surface area contributed by atoms with Crippen LogP contribution in [0.5, 0.6) is 11.5 Å². The molecule has 7 heteroatoms. The highest BCUT2D eigenvalue weighted by atomic mass is 19.1. The molecule has 3 heterocycles. The van der Waals surface area contributed by atoms with Gasteiger partial charge in [0, 0.05) is 41.2 Å². The van der Waals surface area contributed by atoms with E-state index in [9.17, 15) is 8.78 Å². The van der Waals surface area contributed by atoms with Crippen LogP contribution >= 0.6 is 0 Å². The third-order valence-electron chi connectivity index (χ3n) is 13.3. The Morgan fingerprint density at radius 2 is 1.04 bits per heavy atom. The molecule has 1 aliphatic heterocycles. The van der Waals surface area contributed by atoms with Crippen LogP contribution in [0.15, 0.2) is 225 Å². The molecule has 1 aliphatic rings. The zero-order chi connectivity index (χ0) is 48.2. The number of pyridine rings is 1. The van der Waals surface area contributed by atoms with Crippen LogP contribution < -0.4 is 13.9 Å². The zero-order valence-electron chi connectivity index (χ0n) is 39.3. The highest BCUT2D eigenvalue weighted by Gasteiger charge is 2.39. The minimum absolute atomic E-state index is 0.0643. The second-order valence-corrected chi connectivity index (χ2v) is 18.9. The lowest BCUT2D eigenvalue weighted by atomic mass is 9.88. The molecule has 0 saturated carbocycles. The van der Waals surface area contributed by atoms with E-state index in [1.54, 1.807) is 24.3 Å². The molecule has 0 saturated heterocycles. The van der Waals surface area contributed by atoms with Crippen LogP contribution in [0.25, 0.3) is 72.1 Å². The van der Waals surface area contributed by atoms with Gasteiger partial charge in [0.2, 0.25) is 11.4 Å². The highest BCUT2D eigenvalue weighted by molar-refractivity contribution is 6.09. The Balaban J connectivity index is 1.08. The number of rotatable bonds is 9. The van der Waals surface area contributed by atoms with E-state index in [2.05, 4.69) is 168 Å². The molecule has 0 amide bonds. The third kappa shape index (κ3) is 7.98. The van der Waals surface area contributed by atoms with Crippen LogP contribution in [-0.4, -0.2) is 15.6 Å². The Morgan fingerprint density at radius 1 is 0.465 bits per heavy atom. The lowest BCUT2D eigenvalue weighted by Gasteiger charge is -2.20. The van der Waals surface area contributed by atoms with Gasteiger partial charge in [0.15, 0.2) is 0 Å². The van der Waals surface area contributed by atoms with E-state index in [1.807, 2.05) is 48.7 Å². The summed E-state index contributed by atoms with van der Waals surface area (Å²) in [5.41, 5.74) is 14.1. The quantitative estimate of drug-likeness (QED) is 0.135. The topological polar surface area (TPSA) is 33.1 Å². The molecular formula is C64H46F2N4O+2. The largest absolute Gasteiger partial charge is 0.503 e. The average molecular weight is 925 g/mol. The Hall–Kier alpha value is -9.03. The van der Waals surface area contributed by atoms with Crippen LogP contribution in [-0.2, 0) is 5.41 Å². The van der Waals surface area contributed by atoms with E-state index < -0.39 is 0 Å². The number of aromatic nitrogens is 2. The van der Waals surface area contributed by atoms with Crippen LogP contribution in [0.2, 0.25) is 0 Å². The lowest BCUT2D eigenvalue weighted by molar-refractivity contribution is 0.483. The second-order valence-electron chi connectivity index (χ2n) is 18.9. The third-order valence-corrected chi connectivity index (χ3v) is 13.3. The fourth-order valence-electron chi connectivity index (χ4n) is 9.86. The van der Waals surface area contributed by atoms with E-state index in [4.69, 9.17) is 9.72 Å². The Labute approximate surface area is 410 Å². The molecule has 0 atom stereocenters. The zero-order valence-corrected chi connectivity index (χ0v) is 39.3. The minimum Gasteiger partial charge on any atom is -0.457 e. The van der Waals surface area contributed by atoms with Gasteiger partial charge in [0.25, 0.3) is 11.4 Å². The molecular weight excluding hydrogens is 879 g/mol. The Bertz CT molecular complexity index is 3870. The van der Waals surface area contributed by atoms with Gasteiger partial charge in [-0.3, -0.25) is 4.57 Å². The summed E-state index contributed by atoms with van der Waals surface area (Å²) in [7, 11) is 0. The summed E-state index contributed by atoms with van der Waals surface area (Å²) in [4.78, 5) is 4.92. The van der Waals surface area contributed by atoms with E-state index in [-0.39, 0.29) is 17.0 Å². The molecule has 9 aromatic carbocycles. The molecule has 0 bridgehead atoms. The molecule has 5 nitrogen and oxygen atoms in total. The van der Waals surface area contributed by atoms with Crippen molar-refractivity contribution < 1.29 is 13.5 Å². The number of hydrogen-bond acceptors (Lipinski definition) is 2. The molecule has 0 unspecified atom stereocenters. The SMILES string of the molecule is CC(C)(C)c1ccnc(-n2c3ccccc3c3ccc(Oc4cc(-c5ccccc5-c5ccccc5)cc([N+]5=C=[N+](c6c(-c7ccc(F)cc7)cccc6-c6ccc(F)cc6)c6ccccc65)c4)cc32)c1. The first kappa shape index (κ1) is 43.3. The van der Waals surface area contributed by atoms with Crippen LogP contribution in [0.1, 0.15) is 26.3 Å². The number of fused-ring (bicyclic) bond motifs is 4. The number of para-hydroxylation sites is 4. The summed E-state index contributed by atoms with van der Waals surface area (Å²) in [5, 5.41) is 2.23. The number of benzene rings is 9. The van der Waals surface area contributed by atoms with Crippen LogP contribution in [0.4, 0.5) is 31.5 Å². The van der Waals surface area contributed by atoms with Crippen molar-refractivity contribution in [2.24, 2.45) is 0 Å². The van der Waals surface area contributed by atoms with Crippen molar-refractivity contribution in [1.29, 1.82) is 0 Å². The van der Waals surface area contributed by atoms with Gasteiger partial charge >= 0.3 is 6.01 Å². The van der Waals surface area contributed by atoms with Crippen molar-refractivity contribution in [3.63, 3.8) is 0 Å². The molecule has 11 aromatic rings. The van der Waals surface area contributed by atoms with E-state index >= 15 is 0 Å². The van der Waals surface area contributed by atoms with Gasteiger partial charge in [-0.05, 0) is 126 Å². The first-order valence-electron chi connectivity index (χ1n) is 23.7. The van der Waals surface area contributed by atoms with Crippen molar-refractivity contribution in [2.75, 3.05) is 0 Å². The molecule has 340 valence electrons. The monoisotopic (exact) mass is 924 g/mol. The van der Waals surface area contributed by atoms with Crippen molar-refractivity contribution >= 4 is 50.6 Å². The minimum atomic E-state index is -0.322. The van der Waals surface area contributed by atoms with Crippen molar-refractivity contribution in [1.82, 2.24) is 18.7 Å². The van der Waals surface area contributed by atoms with Crippen LogP contribution in [0, 0.1) is 11.6 Å². The molecule has 12 rings (SSSR count). The summed E-state index contributed by atoms with van der Waals surface area (Å²) < 4.78 is 42.3. The van der Waals surface area contributed by atoms with Gasteiger partial charge in [0.05, 0.1) is 28.2 Å². The van der Waals surface area contributed by atoms with Gasteiger partial charge in [-0.25, -0.2) is 13.8 Å². The standard InChI is InChI=1S/C64H46F2N4O/c1-64(2,3)46-34-35-67-62(38-46)70-58-21-10-9-18-56(58)57-33-32-50(40-61(57)70)71-51-37-45(53-17-8-7-16-52(53)42-14-5-4-6-15-42)36-49(39-51)68-41-69(60-23-12-11-22-59(60)68)63-54(43-24-28-47(65)29-25-43)19-13-20-55(63)44-26-30-48(66)31-27-44/h4-40H,1-3H3/q+2. The summed E-state index contributed by atoms with van der Waals surface area (Å²) in [5.74, 6) is 1.50. The molecule has 0 spiro atoms. The fourth-order valence-corrected chi connectivity index (χ4v) is 9.86. The van der Waals surface area contributed by atoms with E-state index in [0.717, 1.165) is 94.9 Å². The summed E-state index contributed by atoms with van der Waals surface area (Å²) in [6.07, 6.45) is 1.90. The normalized spacial score (nSPS) is 12.2. The van der Waals surface area contributed by atoms with Crippen molar-refractivity contribution in [2.45, 2.75) is 26.2 Å². The molecule has 0 radical (unpaired) electrons. The Kier molecular flexibility index (Phi) is 10.7. The molecule has 71 heavy (non-hydrogen) atoms. The second kappa shape index (κ2) is 17.5. The molecule has 0 N–H and O–H groups in total. The number of hydrogen-bond donors (Lipinski definition) is 0. The summed E-state index contributed by atoms with van der Waals surface area (Å²) >= 11 is 0. The maximum Gasteiger partial charge on any atom is 0.503 e. The van der Waals surface area contributed by atoms with Gasteiger partial charge in [-0.1, -0.05) is 136 Å². The molecule has 0 fully saturated rings. The van der Waals surface area contributed by atoms with E-state index in [0.29, 0.717) is 11.5 Å². The molecule has 2 aromatic heterocycles. The maximum atomic E-state index is 14.4. The van der Waals surface area contributed by atoms with Gasteiger partial charge < -0.3 is 4.74 Å². The summed E-state index contributed by atoms with van der Waals surface area (Å²) in [6.45, 7) is 6.66. The average Bonchev–Trinajstić information content (AvgIpc) is 3.95. The fraction of sp³-hybridized carbons (Fsp3) is 0.0625. The lowest BCUT2D eigenvalue weighted by Crippen LogP contribution is -2.12. The predicted octanol–water partition coefficient (Wildman–Crippen LogP) is 17.1. The first-order valence-corrected chi connectivity index (χ1v) is 23.7. The van der Waals surface area contributed by atoms with Gasteiger partial charge in [-0.15, -0.1) is 0 Å². The molecule has 0 aliphatic carbocycles. The van der Waals surface area contributed by atoms with E-state index in [1.165, 1.54) is 29.8 Å². The first-order chi connectivity index (χ1) is 34.6. The number of nitrogens with zero attached hydrogens (tertiary/aromatic N) is 4. The van der Waals surface area contributed by atoms with Crippen molar-refractivity contribution in [3.8, 4) is 61.8 Å². The highest BCUT2D eigenvalue weighted by Crippen LogP contribution is 2.46. The van der Waals surface area contributed by atoms with Gasteiger partial charge in [0.1, 0.15) is 29.0 Å². The number of ether oxygens (including phenoxy) is 1. The maximum absolute atomic E-state index is 14.4. The smallest absolute Gasteiger partial charge is 0.457 e. The van der Waals surface area contributed by atoms with Crippen LogP contribution in [0.3, 0.4) is 0 Å². The Morgan fingerprint density at radius 3 is 1.73 bits per heavy atom.